The highest BCUT2D eigenvalue weighted by molar-refractivity contribution is 6.31. The van der Waals surface area contributed by atoms with Gasteiger partial charge >= 0.3 is 0 Å². The molecule has 3 N–H and O–H groups in total. The minimum absolute atomic E-state index is 0.151. The smallest absolute Gasteiger partial charge is 0.0637 e. The van der Waals surface area contributed by atoms with E-state index in [1.165, 1.54) is 32.1 Å². The van der Waals surface area contributed by atoms with Gasteiger partial charge in [-0.25, -0.2) is 0 Å². The van der Waals surface area contributed by atoms with Gasteiger partial charge < -0.3 is 0 Å². The van der Waals surface area contributed by atoms with Gasteiger partial charge in [0.15, 0.2) is 0 Å². The summed E-state index contributed by atoms with van der Waals surface area (Å²) in [6.45, 7) is 2.28. The summed E-state index contributed by atoms with van der Waals surface area (Å²) >= 11 is 6.21. The normalized spacial score (nSPS) is 25.9. The van der Waals surface area contributed by atoms with E-state index >= 15 is 0 Å². The number of rotatable bonds is 4. The van der Waals surface area contributed by atoms with Gasteiger partial charge in [-0.15, -0.1) is 0 Å². The Labute approximate surface area is 114 Å². The van der Waals surface area contributed by atoms with Crippen molar-refractivity contribution < 1.29 is 0 Å². The summed E-state index contributed by atoms with van der Waals surface area (Å²) in [7, 11) is 0. The highest BCUT2D eigenvalue weighted by Crippen LogP contribution is 2.39. The molecule has 1 saturated carbocycles. The van der Waals surface area contributed by atoms with Gasteiger partial charge in [-0.2, -0.15) is 0 Å². The first-order valence-electron chi connectivity index (χ1n) is 6.81. The molecule has 18 heavy (non-hydrogen) atoms. The van der Waals surface area contributed by atoms with Crippen LogP contribution >= 0.6 is 11.6 Å². The summed E-state index contributed by atoms with van der Waals surface area (Å²) in [5.74, 6) is 7.22. The van der Waals surface area contributed by atoms with Crippen LogP contribution in [-0.4, -0.2) is 4.98 Å². The third kappa shape index (κ3) is 3.02. The van der Waals surface area contributed by atoms with Gasteiger partial charge in [-0.1, -0.05) is 37.8 Å². The summed E-state index contributed by atoms with van der Waals surface area (Å²) in [5, 5.41) is 0.707. The van der Waals surface area contributed by atoms with E-state index in [1.54, 1.807) is 12.4 Å². The van der Waals surface area contributed by atoms with Crippen molar-refractivity contribution in [2.45, 2.75) is 45.1 Å². The van der Waals surface area contributed by atoms with Crippen LogP contribution in [0.25, 0.3) is 0 Å². The fraction of sp³-hybridized carbons (Fsp3) is 0.643. The van der Waals surface area contributed by atoms with Crippen molar-refractivity contribution in [1.82, 2.24) is 10.4 Å². The maximum atomic E-state index is 6.21. The monoisotopic (exact) mass is 267 g/mol. The average Bonchev–Trinajstić information content (AvgIpc) is 2.42. The zero-order valence-electron chi connectivity index (χ0n) is 10.9. The van der Waals surface area contributed by atoms with E-state index in [0.717, 1.165) is 11.5 Å². The predicted molar refractivity (Wildman–Crippen MR) is 75.1 cm³/mol. The third-order valence-electron chi connectivity index (χ3n) is 4.26. The lowest BCUT2D eigenvalue weighted by molar-refractivity contribution is 0.219. The maximum absolute atomic E-state index is 6.21. The zero-order chi connectivity index (χ0) is 13.0. The molecule has 0 saturated heterocycles. The molecule has 1 aliphatic rings. The van der Waals surface area contributed by atoms with Crippen LogP contribution in [0.5, 0.6) is 0 Å². The van der Waals surface area contributed by atoms with E-state index in [-0.39, 0.29) is 6.04 Å². The quantitative estimate of drug-likeness (QED) is 0.649. The van der Waals surface area contributed by atoms with Crippen LogP contribution in [0.4, 0.5) is 0 Å². The van der Waals surface area contributed by atoms with Crippen LogP contribution in [0, 0.1) is 11.8 Å². The summed E-state index contributed by atoms with van der Waals surface area (Å²) in [5.41, 5.74) is 4.03. The third-order valence-corrected chi connectivity index (χ3v) is 4.57. The Balaban J connectivity index is 2.08. The van der Waals surface area contributed by atoms with Crippen LogP contribution in [-0.2, 0) is 0 Å². The first-order valence-corrected chi connectivity index (χ1v) is 7.19. The molecule has 2 rings (SSSR count). The van der Waals surface area contributed by atoms with Crippen molar-refractivity contribution in [2.24, 2.45) is 17.7 Å². The van der Waals surface area contributed by atoms with Crippen LogP contribution in [0.1, 0.15) is 50.6 Å². The molecule has 1 aromatic heterocycles. The summed E-state index contributed by atoms with van der Waals surface area (Å²) in [6, 6.07) is 2.12. The van der Waals surface area contributed by atoms with E-state index in [4.69, 9.17) is 17.4 Å². The summed E-state index contributed by atoms with van der Waals surface area (Å²) in [6.07, 6.45) is 9.84. The number of hydrazine groups is 1. The number of aromatic nitrogens is 1. The van der Waals surface area contributed by atoms with Crippen LogP contribution in [0.15, 0.2) is 18.5 Å². The Bertz CT molecular complexity index is 375. The Hall–Kier alpha value is -0.640. The molecule has 4 heteroatoms. The van der Waals surface area contributed by atoms with Crippen molar-refractivity contribution >= 4 is 11.6 Å². The number of halogens is 1. The standard InChI is InChI=1S/C14H22ClN3/c1-2-10-3-5-11(6-4-10)14(18-16)12-7-8-17-9-13(12)15/h7-11,14,18H,2-6,16H2,1H3. The fourth-order valence-electron chi connectivity index (χ4n) is 3.05. The van der Waals surface area contributed by atoms with Crippen molar-refractivity contribution in [3.63, 3.8) is 0 Å². The topological polar surface area (TPSA) is 50.9 Å². The van der Waals surface area contributed by atoms with E-state index in [9.17, 15) is 0 Å². The second-order valence-corrected chi connectivity index (χ2v) is 5.64. The molecule has 0 bridgehead atoms. The Morgan fingerprint density at radius 2 is 2.17 bits per heavy atom. The summed E-state index contributed by atoms with van der Waals surface area (Å²) in [4.78, 5) is 4.03. The predicted octanol–water partition coefficient (Wildman–Crippen LogP) is 3.46. The van der Waals surface area contributed by atoms with Gasteiger partial charge in [0.2, 0.25) is 0 Å². The molecule has 1 unspecified atom stereocenters. The highest BCUT2D eigenvalue weighted by atomic mass is 35.5. The van der Waals surface area contributed by atoms with E-state index in [0.29, 0.717) is 10.9 Å². The van der Waals surface area contributed by atoms with Gasteiger partial charge in [0.05, 0.1) is 11.1 Å². The Morgan fingerprint density at radius 3 is 2.72 bits per heavy atom. The molecular formula is C14H22ClN3. The number of hydrogen-bond donors (Lipinski definition) is 2. The van der Waals surface area contributed by atoms with Gasteiger partial charge in [0.1, 0.15) is 0 Å². The van der Waals surface area contributed by atoms with Gasteiger partial charge in [0.25, 0.3) is 0 Å². The number of nitrogens with one attached hydrogen (secondary N) is 1. The van der Waals surface area contributed by atoms with Gasteiger partial charge in [-0.3, -0.25) is 16.3 Å². The largest absolute Gasteiger partial charge is 0.271 e. The minimum atomic E-state index is 0.151. The molecule has 1 aliphatic carbocycles. The molecular weight excluding hydrogens is 246 g/mol. The van der Waals surface area contributed by atoms with E-state index in [1.807, 2.05) is 6.07 Å². The first kappa shape index (κ1) is 13.8. The van der Waals surface area contributed by atoms with Gasteiger partial charge in [0, 0.05) is 12.4 Å². The van der Waals surface area contributed by atoms with Crippen molar-refractivity contribution in [2.75, 3.05) is 0 Å². The van der Waals surface area contributed by atoms with Crippen molar-refractivity contribution in [3.8, 4) is 0 Å². The van der Waals surface area contributed by atoms with Crippen LogP contribution in [0.2, 0.25) is 5.02 Å². The number of nitrogens with two attached hydrogens (primary N) is 1. The number of hydrogen-bond acceptors (Lipinski definition) is 3. The zero-order valence-corrected chi connectivity index (χ0v) is 11.7. The minimum Gasteiger partial charge on any atom is -0.271 e. The molecule has 100 valence electrons. The molecule has 0 amide bonds. The molecule has 0 aliphatic heterocycles. The number of nitrogens with zero attached hydrogens (tertiary/aromatic N) is 1. The lowest BCUT2D eigenvalue weighted by Crippen LogP contribution is -2.35. The van der Waals surface area contributed by atoms with E-state index < -0.39 is 0 Å². The van der Waals surface area contributed by atoms with E-state index in [2.05, 4.69) is 17.3 Å². The second kappa shape index (κ2) is 6.50. The molecule has 0 radical (unpaired) electrons. The van der Waals surface area contributed by atoms with Crippen LogP contribution < -0.4 is 11.3 Å². The Kier molecular flexibility index (Phi) is 4.98. The molecule has 1 heterocycles. The first-order chi connectivity index (χ1) is 8.76. The fourth-order valence-corrected chi connectivity index (χ4v) is 3.28. The SMILES string of the molecule is CCC1CCC(C(NN)c2ccncc2Cl)CC1. The number of pyridine rings is 1. The maximum Gasteiger partial charge on any atom is 0.0637 e. The molecule has 1 atom stereocenters. The lowest BCUT2D eigenvalue weighted by atomic mass is 9.76. The molecule has 3 nitrogen and oxygen atoms in total. The molecule has 1 aromatic rings. The summed E-state index contributed by atoms with van der Waals surface area (Å²) < 4.78 is 0. The molecule has 1 fully saturated rings. The second-order valence-electron chi connectivity index (χ2n) is 5.23. The average molecular weight is 268 g/mol. The molecule has 0 aromatic carbocycles. The Morgan fingerprint density at radius 1 is 1.44 bits per heavy atom. The molecule has 0 spiro atoms. The van der Waals surface area contributed by atoms with Crippen LogP contribution in [0.3, 0.4) is 0 Å². The lowest BCUT2D eigenvalue weighted by Gasteiger charge is -2.33. The highest BCUT2D eigenvalue weighted by Gasteiger charge is 2.28. The van der Waals surface area contributed by atoms with Crippen molar-refractivity contribution in [1.29, 1.82) is 0 Å². The van der Waals surface area contributed by atoms with Gasteiger partial charge in [-0.05, 0) is 36.3 Å². The van der Waals surface area contributed by atoms with Crippen molar-refractivity contribution in [3.05, 3.63) is 29.0 Å².